The molecule has 0 bridgehead atoms. The third kappa shape index (κ3) is 3.88. The second-order valence-electron chi connectivity index (χ2n) is 7.04. The lowest BCUT2D eigenvalue weighted by Gasteiger charge is -2.41. The van der Waals surface area contributed by atoms with Crippen LogP contribution >= 0.6 is 0 Å². The van der Waals surface area contributed by atoms with Gasteiger partial charge in [-0.25, -0.2) is 4.83 Å². The van der Waals surface area contributed by atoms with Gasteiger partial charge in [0.15, 0.2) is 0 Å². The minimum absolute atomic E-state index is 0.00929. The van der Waals surface area contributed by atoms with Crippen LogP contribution in [0.3, 0.4) is 0 Å². The molecule has 1 unspecified atom stereocenters. The average molecular weight is 324 g/mol. The van der Waals surface area contributed by atoms with Crippen molar-refractivity contribution < 1.29 is 8.42 Å². The van der Waals surface area contributed by atoms with E-state index in [-0.39, 0.29) is 15.7 Å². The molecule has 1 N–H and O–H groups in total. The van der Waals surface area contributed by atoms with E-state index in [2.05, 4.69) is 44.6 Å². The molecule has 1 aromatic carbocycles. The van der Waals surface area contributed by atoms with Crippen molar-refractivity contribution in [1.29, 1.82) is 0 Å². The van der Waals surface area contributed by atoms with Gasteiger partial charge in [-0.05, 0) is 37.8 Å². The zero-order valence-electron chi connectivity index (χ0n) is 14.7. The molecule has 1 aromatic rings. The van der Waals surface area contributed by atoms with Crippen molar-refractivity contribution in [3.8, 4) is 0 Å². The summed E-state index contributed by atoms with van der Waals surface area (Å²) in [5.74, 6) is 0. The number of rotatable bonds is 5. The van der Waals surface area contributed by atoms with Crippen molar-refractivity contribution in [1.82, 2.24) is 4.83 Å². The highest BCUT2D eigenvalue weighted by atomic mass is 32.2. The molecule has 0 amide bonds. The topological polar surface area (TPSA) is 58.5 Å². The Morgan fingerprint density at radius 2 is 1.64 bits per heavy atom. The van der Waals surface area contributed by atoms with Gasteiger partial charge in [-0.1, -0.05) is 52.3 Å². The number of benzene rings is 1. The predicted octanol–water partition coefficient (Wildman–Crippen LogP) is 4.11. The summed E-state index contributed by atoms with van der Waals surface area (Å²) in [4.78, 5) is 2.59. The molecule has 0 fully saturated rings. The summed E-state index contributed by atoms with van der Waals surface area (Å²) in [7, 11) is -3.62. The maximum atomic E-state index is 12.3. The van der Waals surface area contributed by atoms with Crippen LogP contribution in [0.25, 0.3) is 0 Å². The van der Waals surface area contributed by atoms with Gasteiger partial charge in [0.2, 0.25) is 0 Å². The van der Waals surface area contributed by atoms with E-state index in [9.17, 15) is 8.42 Å². The van der Waals surface area contributed by atoms with E-state index in [1.54, 1.807) is 24.3 Å². The van der Waals surface area contributed by atoms with E-state index < -0.39 is 10.0 Å². The maximum Gasteiger partial charge on any atom is 0.276 e. The third-order valence-electron chi connectivity index (χ3n) is 4.83. The zero-order chi connectivity index (χ0) is 17.2. The molecular formula is C17H28N2O2S. The molecule has 5 heteroatoms. The van der Waals surface area contributed by atoms with Crippen LogP contribution in [0.15, 0.2) is 34.3 Å². The second kappa shape index (κ2) is 6.41. The van der Waals surface area contributed by atoms with Crippen molar-refractivity contribution in [3.05, 3.63) is 29.8 Å². The van der Waals surface area contributed by atoms with Gasteiger partial charge in [0.25, 0.3) is 10.0 Å². The summed E-state index contributed by atoms with van der Waals surface area (Å²) in [6.07, 6.45) is 0.887. The van der Waals surface area contributed by atoms with Crippen LogP contribution in [0.2, 0.25) is 0 Å². The van der Waals surface area contributed by atoms with Crippen molar-refractivity contribution in [2.45, 2.75) is 59.8 Å². The first kappa shape index (κ1) is 18.7. The Labute approximate surface area is 135 Å². The lowest BCUT2D eigenvalue weighted by atomic mass is 9.64. The molecule has 0 heterocycles. The van der Waals surface area contributed by atoms with Crippen molar-refractivity contribution in [3.63, 3.8) is 0 Å². The van der Waals surface area contributed by atoms with Gasteiger partial charge >= 0.3 is 0 Å². The second-order valence-corrected chi connectivity index (χ2v) is 8.70. The fourth-order valence-electron chi connectivity index (χ4n) is 2.35. The molecule has 0 saturated heterocycles. The number of hydrazone groups is 1. The molecule has 0 radical (unpaired) electrons. The first-order valence-corrected chi connectivity index (χ1v) is 9.05. The predicted molar refractivity (Wildman–Crippen MR) is 92.5 cm³/mol. The maximum absolute atomic E-state index is 12.3. The monoisotopic (exact) mass is 324 g/mol. The first-order chi connectivity index (χ1) is 9.94. The summed E-state index contributed by atoms with van der Waals surface area (Å²) in [6, 6.07) is 6.73. The Hall–Kier alpha value is -1.36. The minimum Gasteiger partial charge on any atom is -0.200 e. The van der Waals surface area contributed by atoms with Crippen molar-refractivity contribution in [2.24, 2.45) is 15.9 Å². The standard InChI is InChI=1S/C17H28N2O2S/c1-8-17(7,16(4,5)6)14(3)18-19-22(20,21)15-11-9-13(2)10-12-15/h9-12,19H,8H2,1-7H3/b18-14-. The molecular weight excluding hydrogens is 296 g/mol. The zero-order valence-corrected chi connectivity index (χ0v) is 15.5. The van der Waals surface area contributed by atoms with Crippen LogP contribution in [0.5, 0.6) is 0 Å². The molecule has 0 saturated carbocycles. The molecule has 124 valence electrons. The van der Waals surface area contributed by atoms with Gasteiger partial charge in [0, 0.05) is 11.1 Å². The molecule has 1 rings (SSSR count). The van der Waals surface area contributed by atoms with E-state index in [4.69, 9.17) is 0 Å². The lowest BCUT2D eigenvalue weighted by Crippen LogP contribution is -2.39. The van der Waals surface area contributed by atoms with Crippen molar-refractivity contribution >= 4 is 15.7 Å². The highest BCUT2D eigenvalue weighted by Gasteiger charge is 2.38. The largest absolute Gasteiger partial charge is 0.276 e. The number of hydrogen-bond acceptors (Lipinski definition) is 3. The fourth-order valence-corrected chi connectivity index (χ4v) is 3.21. The number of sulfonamides is 1. The number of aryl methyl sites for hydroxylation is 1. The molecule has 1 atom stereocenters. The van der Waals surface area contributed by atoms with E-state index >= 15 is 0 Å². The lowest BCUT2D eigenvalue weighted by molar-refractivity contribution is 0.185. The van der Waals surface area contributed by atoms with Gasteiger partial charge in [-0.3, -0.25) is 0 Å². The molecule has 0 aliphatic heterocycles. The van der Waals surface area contributed by atoms with Crippen LogP contribution in [0.4, 0.5) is 0 Å². The van der Waals surface area contributed by atoms with Crippen molar-refractivity contribution in [2.75, 3.05) is 0 Å². The smallest absolute Gasteiger partial charge is 0.200 e. The molecule has 0 spiro atoms. The van der Waals surface area contributed by atoms with E-state index in [0.29, 0.717) is 0 Å². The Kier molecular flexibility index (Phi) is 5.44. The minimum atomic E-state index is -3.62. The van der Waals surface area contributed by atoms with Gasteiger partial charge < -0.3 is 0 Å². The summed E-state index contributed by atoms with van der Waals surface area (Å²) < 4.78 is 24.6. The molecule has 0 aromatic heterocycles. The van der Waals surface area contributed by atoms with E-state index in [0.717, 1.165) is 17.7 Å². The highest BCUT2D eigenvalue weighted by molar-refractivity contribution is 7.89. The van der Waals surface area contributed by atoms with Gasteiger partial charge in [-0.2, -0.15) is 13.5 Å². The third-order valence-corrected chi connectivity index (χ3v) is 6.05. The summed E-state index contributed by atoms with van der Waals surface area (Å²) >= 11 is 0. The van der Waals surface area contributed by atoms with Gasteiger partial charge in [-0.15, -0.1) is 0 Å². The summed E-state index contributed by atoms with van der Waals surface area (Å²) in [5.41, 5.74) is 1.62. The quantitative estimate of drug-likeness (QED) is 0.654. The Balaban J connectivity index is 3.06. The Bertz CT molecular complexity index is 640. The Morgan fingerprint density at radius 1 is 1.14 bits per heavy atom. The van der Waals surface area contributed by atoms with Crippen LogP contribution in [0.1, 0.15) is 53.5 Å². The molecule has 22 heavy (non-hydrogen) atoms. The molecule has 0 aliphatic carbocycles. The molecule has 0 aliphatic rings. The SMILES string of the molecule is CCC(C)(/C(C)=N\NS(=O)(=O)c1ccc(C)cc1)C(C)(C)C. The highest BCUT2D eigenvalue weighted by Crippen LogP contribution is 2.42. The fraction of sp³-hybridized carbons (Fsp3) is 0.588. The van der Waals surface area contributed by atoms with Gasteiger partial charge in [0.05, 0.1) is 4.90 Å². The summed E-state index contributed by atoms with van der Waals surface area (Å²) in [6.45, 7) is 14.4. The number of nitrogens with zero attached hydrogens (tertiary/aromatic N) is 1. The van der Waals surface area contributed by atoms with E-state index in [1.807, 2.05) is 13.8 Å². The average Bonchev–Trinajstić information content (AvgIpc) is 2.43. The van der Waals surface area contributed by atoms with Crippen LogP contribution in [-0.4, -0.2) is 14.1 Å². The van der Waals surface area contributed by atoms with Crippen LogP contribution in [-0.2, 0) is 10.0 Å². The van der Waals surface area contributed by atoms with Crippen LogP contribution in [0, 0.1) is 17.8 Å². The normalized spacial score (nSPS) is 16.2. The van der Waals surface area contributed by atoms with Crippen LogP contribution < -0.4 is 4.83 Å². The summed E-state index contributed by atoms with van der Waals surface area (Å²) in [5, 5.41) is 4.18. The number of hydrogen-bond donors (Lipinski definition) is 1. The number of nitrogens with one attached hydrogen (secondary N) is 1. The Morgan fingerprint density at radius 3 is 2.05 bits per heavy atom. The molecule has 4 nitrogen and oxygen atoms in total. The first-order valence-electron chi connectivity index (χ1n) is 7.57. The van der Waals surface area contributed by atoms with Gasteiger partial charge in [0.1, 0.15) is 0 Å². The van der Waals surface area contributed by atoms with E-state index in [1.165, 1.54) is 0 Å².